The van der Waals surface area contributed by atoms with Crippen LogP contribution in [0.3, 0.4) is 0 Å². The number of nitrogens with zero attached hydrogens (tertiary/aromatic N) is 4. The fourth-order valence-electron chi connectivity index (χ4n) is 3.89. The molecule has 192 valence electrons. The molecule has 37 heavy (non-hydrogen) atoms. The molecule has 0 unspecified atom stereocenters. The Kier molecular flexibility index (Phi) is 7.99. The molecule has 1 fully saturated rings. The summed E-state index contributed by atoms with van der Waals surface area (Å²) in [6.45, 7) is 9.32. The van der Waals surface area contributed by atoms with Crippen molar-refractivity contribution in [3.05, 3.63) is 72.6 Å². The summed E-state index contributed by atoms with van der Waals surface area (Å²) in [6, 6.07) is 14.8. The van der Waals surface area contributed by atoms with E-state index in [4.69, 9.17) is 10.5 Å². The van der Waals surface area contributed by atoms with E-state index in [1.54, 1.807) is 24.3 Å². The van der Waals surface area contributed by atoms with Crippen LogP contribution >= 0.6 is 0 Å². The normalized spacial score (nSPS) is 13.6. The number of carbonyl (C=O) groups is 2. The second kappa shape index (κ2) is 11.5. The fraction of sp³-hybridized carbons (Fsp3) is 0.259. The minimum atomic E-state index is -0.687. The number of aromatic nitrogens is 2. The SMILES string of the molecule is C=CC(=O)Nc1ccc(Oc2nc(Nc3ccc(N4CCN(C)CC4)cc3)c(C(N)=O)nc2CC)cc1. The topological polar surface area (TPSA) is 126 Å². The molecule has 0 bridgehead atoms. The molecule has 0 saturated carbocycles. The van der Waals surface area contributed by atoms with E-state index in [0.29, 0.717) is 23.6 Å². The largest absolute Gasteiger partial charge is 0.437 e. The van der Waals surface area contributed by atoms with E-state index in [-0.39, 0.29) is 23.3 Å². The number of nitrogens with two attached hydrogens (primary N) is 1. The van der Waals surface area contributed by atoms with Gasteiger partial charge in [0.2, 0.25) is 11.8 Å². The van der Waals surface area contributed by atoms with Crippen LogP contribution in [-0.4, -0.2) is 59.9 Å². The number of aryl methyl sites for hydroxylation is 1. The third-order valence-corrected chi connectivity index (χ3v) is 6.02. The molecule has 3 aromatic rings. The highest BCUT2D eigenvalue weighted by atomic mass is 16.5. The number of rotatable bonds is 9. The molecular weight excluding hydrogens is 470 g/mol. The zero-order valence-electron chi connectivity index (χ0n) is 21.0. The summed E-state index contributed by atoms with van der Waals surface area (Å²) in [4.78, 5) is 37.3. The maximum absolute atomic E-state index is 12.2. The minimum Gasteiger partial charge on any atom is -0.437 e. The minimum absolute atomic E-state index is 0.0369. The van der Waals surface area contributed by atoms with Gasteiger partial charge in [0, 0.05) is 43.2 Å². The zero-order chi connectivity index (χ0) is 26.4. The Morgan fingerprint density at radius 3 is 2.27 bits per heavy atom. The quantitative estimate of drug-likeness (QED) is 0.380. The maximum atomic E-state index is 12.2. The van der Waals surface area contributed by atoms with E-state index in [1.807, 2.05) is 31.2 Å². The van der Waals surface area contributed by atoms with E-state index in [1.165, 1.54) is 6.08 Å². The van der Waals surface area contributed by atoms with Gasteiger partial charge in [0.15, 0.2) is 11.5 Å². The van der Waals surface area contributed by atoms with Crippen molar-refractivity contribution in [3.63, 3.8) is 0 Å². The summed E-state index contributed by atoms with van der Waals surface area (Å²) in [5.74, 6) is -0.0292. The van der Waals surface area contributed by atoms with Gasteiger partial charge in [-0.3, -0.25) is 9.59 Å². The van der Waals surface area contributed by atoms with Gasteiger partial charge in [-0.1, -0.05) is 13.5 Å². The number of nitrogens with one attached hydrogen (secondary N) is 2. The second-order valence-electron chi connectivity index (χ2n) is 8.67. The number of ether oxygens (including phenoxy) is 1. The van der Waals surface area contributed by atoms with Crippen molar-refractivity contribution < 1.29 is 14.3 Å². The first-order chi connectivity index (χ1) is 17.9. The molecule has 1 aliphatic rings. The van der Waals surface area contributed by atoms with Gasteiger partial charge in [0.25, 0.3) is 5.91 Å². The molecule has 2 aromatic carbocycles. The summed E-state index contributed by atoms with van der Waals surface area (Å²) in [6.07, 6.45) is 1.68. The van der Waals surface area contributed by atoms with Crippen LogP contribution < -0.4 is 26.0 Å². The Balaban J connectivity index is 1.55. The van der Waals surface area contributed by atoms with Gasteiger partial charge >= 0.3 is 0 Å². The molecular formula is C27H31N7O3. The number of hydrogen-bond donors (Lipinski definition) is 3. The van der Waals surface area contributed by atoms with Gasteiger partial charge in [-0.2, -0.15) is 4.98 Å². The highest BCUT2D eigenvalue weighted by molar-refractivity contribution is 5.99. The van der Waals surface area contributed by atoms with Crippen LogP contribution in [0.5, 0.6) is 11.6 Å². The molecule has 0 spiro atoms. The molecule has 2 amide bonds. The number of likely N-dealkylation sites (N-methyl/N-ethyl adjacent to an activating group) is 1. The summed E-state index contributed by atoms with van der Waals surface area (Å²) < 4.78 is 6.00. The third kappa shape index (κ3) is 6.42. The lowest BCUT2D eigenvalue weighted by atomic mass is 10.2. The number of benzene rings is 2. The van der Waals surface area contributed by atoms with Gasteiger partial charge < -0.3 is 30.9 Å². The molecule has 4 rings (SSSR count). The number of hydrogen-bond acceptors (Lipinski definition) is 8. The summed E-state index contributed by atoms with van der Waals surface area (Å²) in [7, 11) is 2.13. The third-order valence-electron chi connectivity index (χ3n) is 6.02. The fourth-order valence-corrected chi connectivity index (χ4v) is 3.89. The number of anilines is 4. The molecule has 4 N–H and O–H groups in total. The van der Waals surface area contributed by atoms with Gasteiger partial charge in [0.05, 0.1) is 0 Å². The molecule has 10 heteroatoms. The number of carbonyl (C=O) groups excluding carboxylic acids is 2. The highest BCUT2D eigenvalue weighted by Crippen LogP contribution is 2.29. The first-order valence-corrected chi connectivity index (χ1v) is 12.1. The van der Waals surface area contributed by atoms with E-state index in [0.717, 1.165) is 37.6 Å². The number of primary amides is 1. The number of piperazine rings is 1. The van der Waals surface area contributed by atoms with Gasteiger partial charge in [-0.15, -0.1) is 0 Å². The molecule has 10 nitrogen and oxygen atoms in total. The number of amides is 2. The van der Waals surface area contributed by atoms with Crippen molar-refractivity contribution in [3.8, 4) is 11.6 Å². The van der Waals surface area contributed by atoms with Crippen molar-refractivity contribution in [1.82, 2.24) is 14.9 Å². The monoisotopic (exact) mass is 501 g/mol. The van der Waals surface area contributed by atoms with Crippen LogP contribution in [0.15, 0.2) is 61.2 Å². The summed E-state index contributed by atoms with van der Waals surface area (Å²) in [5, 5.41) is 5.85. The Bertz CT molecular complexity index is 1270. The standard InChI is InChI=1S/C27H31N7O3/c1-4-22-27(37-21-12-8-18(9-13-21)29-23(35)5-2)32-26(24(31-22)25(28)36)30-19-6-10-20(11-7-19)34-16-14-33(3)15-17-34/h5-13H,2,4,14-17H2,1,3H3,(H2,28,36)(H,29,35)(H,30,32). The van der Waals surface area contributed by atoms with Crippen molar-refractivity contribution >= 4 is 34.7 Å². The molecule has 0 aliphatic carbocycles. The van der Waals surface area contributed by atoms with Crippen molar-refractivity contribution in [2.75, 3.05) is 48.8 Å². The lowest BCUT2D eigenvalue weighted by molar-refractivity contribution is -0.111. The van der Waals surface area contributed by atoms with Crippen LogP contribution in [0, 0.1) is 0 Å². The second-order valence-corrected chi connectivity index (χ2v) is 8.67. The smallest absolute Gasteiger partial charge is 0.271 e. The average molecular weight is 502 g/mol. The Hall–Kier alpha value is -4.44. The van der Waals surface area contributed by atoms with Crippen molar-refractivity contribution in [2.24, 2.45) is 5.73 Å². The van der Waals surface area contributed by atoms with E-state index >= 15 is 0 Å². The zero-order valence-corrected chi connectivity index (χ0v) is 21.0. The maximum Gasteiger partial charge on any atom is 0.271 e. The predicted molar refractivity (Wildman–Crippen MR) is 145 cm³/mol. The highest BCUT2D eigenvalue weighted by Gasteiger charge is 2.19. The molecule has 1 aromatic heterocycles. The van der Waals surface area contributed by atoms with Gasteiger partial charge in [-0.25, -0.2) is 4.98 Å². The Labute approximate surface area is 216 Å². The summed E-state index contributed by atoms with van der Waals surface area (Å²) in [5.41, 5.74) is 8.63. The van der Waals surface area contributed by atoms with E-state index in [2.05, 4.69) is 44.0 Å². The molecule has 0 radical (unpaired) electrons. The van der Waals surface area contributed by atoms with Crippen LogP contribution in [0.4, 0.5) is 22.9 Å². The van der Waals surface area contributed by atoms with E-state index < -0.39 is 5.91 Å². The lowest BCUT2D eigenvalue weighted by Gasteiger charge is -2.34. The Morgan fingerprint density at radius 2 is 1.68 bits per heavy atom. The van der Waals surface area contributed by atoms with Crippen LogP contribution in [0.2, 0.25) is 0 Å². The first-order valence-electron chi connectivity index (χ1n) is 12.1. The predicted octanol–water partition coefficient (Wildman–Crippen LogP) is 3.55. The van der Waals surface area contributed by atoms with Crippen molar-refractivity contribution in [2.45, 2.75) is 13.3 Å². The lowest BCUT2D eigenvalue weighted by Crippen LogP contribution is -2.44. The molecule has 1 aliphatic heterocycles. The molecule has 2 heterocycles. The van der Waals surface area contributed by atoms with Crippen LogP contribution in [0.1, 0.15) is 23.1 Å². The average Bonchev–Trinajstić information content (AvgIpc) is 2.90. The van der Waals surface area contributed by atoms with Crippen LogP contribution in [-0.2, 0) is 11.2 Å². The molecule has 0 atom stereocenters. The van der Waals surface area contributed by atoms with Crippen LogP contribution in [0.25, 0.3) is 0 Å². The van der Waals surface area contributed by atoms with Crippen molar-refractivity contribution in [1.29, 1.82) is 0 Å². The first kappa shape index (κ1) is 25.6. The van der Waals surface area contributed by atoms with E-state index in [9.17, 15) is 9.59 Å². The summed E-state index contributed by atoms with van der Waals surface area (Å²) >= 11 is 0. The Morgan fingerprint density at radius 1 is 1.03 bits per heavy atom. The molecule has 1 saturated heterocycles. The van der Waals surface area contributed by atoms with Gasteiger partial charge in [0.1, 0.15) is 11.4 Å². The van der Waals surface area contributed by atoms with Gasteiger partial charge in [-0.05, 0) is 68.1 Å².